The van der Waals surface area contributed by atoms with Crippen LogP contribution in [0.25, 0.3) is 0 Å². The van der Waals surface area contributed by atoms with Crippen LogP contribution in [0.5, 0.6) is 0 Å². The summed E-state index contributed by atoms with van der Waals surface area (Å²) >= 11 is 0. The predicted octanol–water partition coefficient (Wildman–Crippen LogP) is 3.91. The van der Waals surface area contributed by atoms with Crippen molar-refractivity contribution in [2.75, 3.05) is 13.1 Å². The minimum atomic E-state index is -4.55. The minimum absolute atomic E-state index is 0.0305. The van der Waals surface area contributed by atoms with Crippen molar-refractivity contribution in [1.29, 1.82) is 0 Å². The van der Waals surface area contributed by atoms with Gasteiger partial charge in [0.1, 0.15) is 11.6 Å². The molecule has 2 N–H and O–H groups in total. The third-order valence-electron chi connectivity index (χ3n) is 6.56. The highest BCUT2D eigenvalue weighted by Gasteiger charge is 2.47. The van der Waals surface area contributed by atoms with Crippen LogP contribution in [0.3, 0.4) is 0 Å². The second kappa shape index (κ2) is 10.6. The molecule has 0 spiro atoms. The van der Waals surface area contributed by atoms with E-state index < -0.39 is 39.5 Å². The van der Waals surface area contributed by atoms with E-state index in [1.54, 1.807) is 20.8 Å². The largest absolute Gasteiger partial charge is 0.444 e. The van der Waals surface area contributed by atoms with Crippen LogP contribution in [0, 0.1) is 11.8 Å². The summed E-state index contributed by atoms with van der Waals surface area (Å²) in [5, 5.41) is 5.60. The number of halogens is 3. The molecule has 0 unspecified atom stereocenters. The fraction of sp³-hybridized carbons (Fsp3) is 0.667. The number of ether oxygens (including phenoxy) is 1. The van der Waals surface area contributed by atoms with Gasteiger partial charge < -0.3 is 15.4 Å². The Balaban J connectivity index is 1.65. The highest BCUT2D eigenvalue weighted by Crippen LogP contribution is 2.40. The van der Waals surface area contributed by atoms with Crippen molar-refractivity contribution in [2.45, 2.75) is 82.1 Å². The van der Waals surface area contributed by atoms with Gasteiger partial charge in [0, 0.05) is 19.1 Å². The number of hydrogen-bond acceptors (Lipinski definition) is 5. The average molecular weight is 534 g/mol. The number of nitrogens with one attached hydrogen (secondary N) is 2. The summed E-state index contributed by atoms with van der Waals surface area (Å²) in [6.45, 7) is 7.48. The first-order valence-corrected chi connectivity index (χ1v) is 13.5. The first kappa shape index (κ1) is 28.2. The molecule has 1 heterocycles. The van der Waals surface area contributed by atoms with E-state index in [9.17, 15) is 31.2 Å². The van der Waals surface area contributed by atoms with Gasteiger partial charge in [-0.1, -0.05) is 13.3 Å². The SMILES string of the molecule is CCC[C@H](NC(=O)OC(C)(C)C)C(=O)N[C@H]1CC[C@@H]2CN(S(=O)(=O)c3ccc(C(F)(F)F)cc3)C[C@@H]21. The second-order valence-electron chi connectivity index (χ2n) is 10.4. The van der Waals surface area contributed by atoms with E-state index in [0.717, 1.165) is 24.3 Å². The molecular weight excluding hydrogens is 499 g/mol. The zero-order valence-corrected chi connectivity index (χ0v) is 21.7. The summed E-state index contributed by atoms with van der Waals surface area (Å²) in [5.74, 6) is -0.442. The van der Waals surface area contributed by atoms with Gasteiger partial charge in [-0.25, -0.2) is 13.2 Å². The molecule has 2 amide bonds. The molecule has 1 saturated heterocycles. The van der Waals surface area contributed by atoms with Gasteiger partial charge in [0.05, 0.1) is 10.5 Å². The molecule has 0 aromatic heterocycles. The summed E-state index contributed by atoms with van der Waals surface area (Å²) in [7, 11) is -3.97. The monoisotopic (exact) mass is 533 g/mol. The Bertz CT molecular complexity index is 1050. The zero-order chi connectivity index (χ0) is 26.9. The molecule has 1 aliphatic carbocycles. The lowest BCUT2D eigenvalue weighted by molar-refractivity contribution is -0.137. The normalized spacial score (nSPS) is 23.7. The zero-order valence-electron chi connectivity index (χ0n) is 20.9. The Hall–Kier alpha value is -2.34. The second-order valence-corrected chi connectivity index (χ2v) is 12.4. The minimum Gasteiger partial charge on any atom is -0.444 e. The number of rotatable bonds is 7. The smallest absolute Gasteiger partial charge is 0.416 e. The number of amides is 2. The Morgan fingerprint density at radius 2 is 1.75 bits per heavy atom. The van der Waals surface area contributed by atoms with Gasteiger partial charge >= 0.3 is 12.3 Å². The number of benzene rings is 1. The number of hydrogen-bond donors (Lipinski definition) is 2. The van der Waals surface area contributed by atoms with Crippen molar-refractivity contribution in [1.82, 2.24) is 14.9 Å². The summed E-state index contributed by atoms with van der Waals surface area (Å²) in [4.78, 5) is 25.0. The topological polar surface area (TPSA) is 105 Å². The quantitative estimate of drug-likeness (QED) is 0.553. The maximum atomic E-state index is 13.1. The number of fused-ring (bicyclic) bond motifs is 1. The highest BCUT2D eigenvalue weighted by atomic mass is 32.2. The fourth-order valence-electron chi connectivity index (χ4n) is 4.86. The standard InChI is InChI=1S/C24H34F3N3O5S/c1-5-6-20(29-22(32)35-23(2,3)4)21(31)28-19-12-7-15-13-30(14-18(15)19)36(33,34)17-10-8-16(9-11-17)24(25,26)27/h8-11,15,18-20H,5-7,12-14H2,1-4H3,(H,28,31)(H,29,32)/t15-,18+,19+,20+/m1/s1. The van der Waals surface area contributed by atoms with Crippen molar-refractivity contribution in [2.24, 2.45) is 11.8 Å². The molecule has 3 rings (SSSR count). The molecule has 0 radical (unpaired) electrons. The van der Waals surface area contributed by atoms with Crippen LogP contribution in [0.15, 0.2) is 29.2 Å². The van der Waals surface area contributed by atoms with Gasteiger partial charge in [-0.2, -0.15) is 17.5 Å². The highest BCUT2D eigenvalue weighted by molar-refractivity contribution is 7.89. The van der Waals surface area contributed by atoms with E-state index in [-0.39, 0.29) is 41.8 Å². The van der Waals surface area contributed by atoms with E-state index in [2.05, 4.69) is 10.6 Å². The third kappa shape index (κ3) is 6.70. The van der Waals surface area contributed by atoms with Crippen molar-refractivity contribution in [3.63, 3.8) is 0 Å². The number of nitrogens with zero attached hydrogens (tertiary/aromatic N) is 1. The Kier molecular flexibility index (Phi) is 8.29. The van der Waals surface area contributed by atoms with E-state index in [0.29, 0.717) is 25.7 Å². The lowest BCUT2D eigenvalue weighted by atomic mass is 9.97. The molecule has 1 aliphatic heterocycles. The van der Waals surface area contributed by atoms with Crippen LogP contribution in [-0.2, 0) is 25.7 Å². The number of alkyl carbamates (subject to hydrolysis) is 1. The van der Waals surface area contributed by atoms with Crippen LogP contribution >= 0.6 is 0 Å². The first-order valence-electron chi connectivity index (χ1n) is 12.1. The van der Waals surface area contributed by atoms with Crippen molar-refractivity contribution in [3.8, 4) is 0 Å². The Morgan fingerprint density at radius 3 is 2.31 bits per heavy atom. The molecule has 4 atom stereocenters. The van der Waals surface area contributed by atoms with Gasteiger partial charge in [0.15, 0.2) is 0 Å². The van der Waals surface area contributed by atoms with E-state index >= 15 is 0 Å². The molecule has 2 aliphatic rings. The number of carbonyl (C=O) groups excluding carboxylic acids is 2. The van der Waals surface area contributed by atoms with Crippen molar-refractivity contribution < 1.29 is 35.9 Å². The lowest BCUT2D eigenvalue weighted by Gasteiger charge is -2.26. The molecule has 1 saturated carbocycles. The molecule has 8 nitrogen and oxygen atoms in total. The van der Waals surface area contributed by atoms with Gasteiger partial charge in [-0.05, 0) is 76.1 Å². The number of alkyl halides is 3. The summed E-state index contributed by atoms with van der Waals surface area (Å²) in [5.41, 5.74) is -1.62. The molecule has 1 aromatic rings. The maximum absolute atomic E-state index is 13.1. The maximum Gasteiger partial charge on any atom is 0.416 e. The van der Waals surface area contributed by atoms with Crippen molar-refractivity contribution in [3.05, 3.63) is 29.8 Å². The Morgan fingerprint density at radius 1 is 1.11 bits per heavy atom. The average Bonchev–Trinajstić information content (AvgIpc) is 3.34. The Labute approximate surface area is 210 Å². The van der Waals surface area contributed by atoms with Crippen molar-refractivity contribution >= 4 is 22.0 Å². The summed E-state index contributed by atoms with van der Waals surface area (Å²) in [6.07, 6.45) is -2.76. The van der Waals surface area contributed by atoms with Crippen LogP contribution < -0.4 is 10.6 Å². The predicted molar refractivity (Wildman–Crippen MR) is 126 cm³/mol. The van der Waals surface area contributed by atoms with E-state index in [1.807, 2.05) is 6.92 Å². The van der Waals surface area contributed by atoms with Gasteiger partial charge in [-0.15, -0.1) is 0 Å². The molecular formula is C24H34F3N3O5S. The van der Waals surface area contributed by atoms with Crippen LogP contribution in [0.4, 0.5) is 18.0 Å². The van der Waals surface area contributed by atoms with Crippen LogP contribution in [-0.4, -0.2) is 55.5 Å². The van der Waals surface area contributed by atoms with Gasteiger partial charge in [-0.3, -0.25) is 4.79 Å². The molecule has 2 fully saturated rings. The van der Waals surface area contributed by atoms with Crippen LogP contribution in [0.1, 0.15) is 58.9 Å². The lowest BCUT2D eigenvalue weighted by Crippen LogP contribution is -2.51. The molecule has 0 bridgehead atoms. The van der Waals surface area contributed by atoms with Crippen LogP contribution in [0.2, 0.25) is 0 Å². The molecule has 12 heteroatoms. The molecule has 202 valence electrons. The van der Waals surface area contributed by atoms with Gasteiger partial charge in [0.2, 0.25) is 15.9 Å². The fourth-order valence-corrected chi connectivity index (χ4v) is 6.39. The number of carbonyl (C=O) groups is 2. The van der Waals surface area contributed by atoms with E-state index in [1.165, 1.54) is 4.31 Å². The first-order chi connectivity index (χ1) is 16.6. The molecule has 1 aromatic carbocycles. The third-order valence-corrected chi connectivity index (χ3v) is 8.40. The van der Waals surface area contributed by atoms with E-state index in [4.69, 9.17) is 4.74 Å². The number of sulfonamides is 1. The van der Waals surface area contributed by atoms with Gasteiger partial charge in [0.25, 0.3) is 0 Å². The summed E-state index contributed by atoms with van der Waals surface area (Å²) in [6, 6.07) is 2.43. The molecule has 36 heavy (non-hydrogen) atoms. The summed E-state index contributed by atoms with van der Waals surface area (Å²) < 4.78 is 71.2.